The SMILES string of the molecule is NC1(C(=O)Nc2ccc(Br)c(C(=O)O)c2)CCOCC1. The van der Waals surface area contributed by atoms with E-state index in [1.807, 2.05) is 0 Å². The van der Waals surface area contributed by atoms with Gasteiger partial charge in [0.1, 0.15) is 5.54 Å². The molecular weight excluding hydrogens is 328 g/mol. The van der Waals surface area contributed by atoms with Gasteiger partial charge in [0.15, 0.2) is 0 Å². The van der Waals surface area contributed by atoms with Crippen molar-refractivity contribution in [2.45, 2.75) is 18.4 Å². The standard InChI is InChI=1S/C13H15BrN2O4/c14-10-2-1-8(7-9(10)11(17)18)16-12(19)13(15)3-5-20-6-4-13/h1-2,7H,3-6,15H2,(H,16,19)(H,17,18). The fourth-order valence-corrected chi connectivity index (χ4v) is 2.40. The molecule has 0 spiro atoms. The minimum Gasteiger partial charge on any atom is -0.478 e. The van der Waals surface area contributed by atoms with E-state index < -0.39 is 11.5 Å². The Labute approximate surface area is 124 Å². The van der Waals surface area contributed by atoms with Crippen LogP contribution in [0.15, 0.2) is 22.7 Å². The summed E-state index contributed by atoms with van der Waals surface area (Å²) in [5.41, 5.74) is 5.59. The normalized spacial score (nSPS) is 17.5. The molecule has 0 unspecified atom stereocenters. The van der Waals surface area contributed by atoms with Crippen molar-refractivity contribution >= 4 is 33.5 Å². The molecule has 1 aliphatic rings. The number of carboxylic acids is 1. The molecule has 0 aromatic heterocycles. The highest BCUT2D eigenvalue weighted by molar-refractivity contribution is 9.10. The van der Waals surface area contributed by atoms with E-state index in [1.165, 1.54) is 6.07 Å². The van der Waals surface area contributed by atoms with Gasteiger partial charge < -0.3 is 20.9 Å². The molecule has 2 rings (SSSR count). The van der Waals surface area contributed by atoms with Crippen molar-refractivity contribution in [3.05, 3.63) is 28.2 Å². The van der Waals surface area contributed by atoms with Crippen LogP contribution in [0.25, 0.3) is 0 Å². The van der Waals surface area contributed by atoms with Crippen LogP contribution >= 0.6 is 15.9 Å². The van der Waals surface area contributed by atoms with E-state index in [1.54, 1.807) is 12.1 Å². The van der Waals surface area contributed by atoms with Crippen LogP contribution in [-0.4, -0.2) is 35.7 Å². The molecule has 1 saturated heterocycles. The Hall–Kier alpha value is -1.44. The van der Waals surface area contributed by atoms with Crippen LogP contribution in [0, 0.1) is 0 Å². The minimum atomic E-state index is -1.07. The van der Waals surface area contributed by atoms with Crippen molar-refractivity contribution in [2.75, 3.05) is 18.5 Å². The predicted octanol–water partition coefficient (Wildman–Crippen LogP) is 1.59. The minimum absolute atomic E-state index is 0.0841. The molecule has 1 heterocycles. The lowest BCUT2D eigenvalue weighted by molar-refractivity contribution is -0.124. The number of hydrogen-bond donors (Lipinski definition) is 3. The third-order valence-corrected chi connectivity index (χ3v) is 3.98. The molecule has 1 aromatic rings. The zero-order chi connectivity index (χ0) is 14.8. The summed E-state index contributed by atoms with van der Waals surface area (Å²) in [6, 6.07) is 4.59. The van der Waals surface area contributed by atoms with Gasteiger partial charge in [-0.15, -0.1) is 0 Å². The van der Waals surface area contributed by atoms with E-state index in [0.29, 0.717) is 36.2 Å². The summed E-state index contributed by atoms with van der Waals surface area (Å²) in [5.74, 6) is -1.39. The molecule has 1 aromatic carbocycles. The first kappa shape index (κ1) is 15.0. The molecule has 0 atom stereocenters. The molecule has 6 nitrogen and oxygen atoms in total. The van der Waals surface area contributed by atoms with Crippen LogP contribution in [0.5, 0.6) is 0 Å². The number of carboxylic acid groups (broad SMARTS) is 1. The Kier molecular flexibility index (Phi) is 4.42. The van der Waals surface area contributed by atoms with Crippen molar-refractivity contribution in [3.63, 3.8) is 0 Å². The monoisotopic (exact) mass is 342 g/mol. The Morgan fingerprint density at radius 3 is 2.60 bits per heavy atom. The summed E-state index contributed by atoms with van der Waals surface area (Å²) in [5, 5.41) is 11.7. The number of amides is 1. The van der Waals surface area contributed by atoms with Crippen molar-refractivity contribution in [3.8, 4) is 0 Å². The molecule has 1 aliphatic heterocycles. The lowest BCUT2D eigenvalue weighted by Crippen LogP contribution is -2.54. The molecule has 20 heavy (non-hydrogen) atoms. The predicted molar refractivity (Wildman–Crippen MR) is 76.7 cm³/mol. The van der Waals surface area contributed by atoms with Crippen LogP contribution in [0.3, 0.4) is 0 Å². The number of nitrogens with one attached hydrogen (secondary N) is 1. The molecule has 7 heteroatoms. The van der Waals surface area contributed by atoms with Gasteiger partial charge in [-0.05, 0) is 47.0 Å². The van der Waals surface area contributed by atoms with E-state index in [4.69, 9.17) is 15.6 Å². The Morgan fingerprint density at radius 2 is 2.00 bits per heavy atom. The summed E-state index contributed by atoms with van der Waals surface area (Å²) >= 11 is 3.15. The largest absolute Gasteiger partial charge is 0.478 e. The van der Waals surface area contributed by atoms with Crippen molar-refractivity contribution in [1.82, 2.24) is 0 Å². The quantitative estimate of drug-likeness (QED) is 0.774. The molecular formula is C13H15BrN2O4. The molecule has 1 fully saturated rings. The van der Waals surface area contributed by atoms with Crippen molar-refractivity contribution in [2.24, 2.45) is 5.73 Å². The first-order valence-electron chi connectivity index (χ1n) is 6.13. The molecule has 0 aliphatic carbocycles. The third kappa shape index (κ3) is 3.17. The number of anilines is 1. The number of ether oxygens (including phenoxy) is 1. The van der Waals surface area contributed by atoms with Gasteiger partial charge in [-0.3, -0.25) is 4.79 Å². The Balaban J connectivity index is 2.15. The molecule has 4 N–H and O–H groups in total. The number of aromatic carboxylic acids is 1. The van der Waals surface area contributed by atoms with E-state index in [-0.39, 0.29) is 11.5 Å². The zero-order valence-corrected chi connectivity index (χ0v) is 12.3. The van der Waals surface area contributed by atoms with Gasteiger partial charge in [0.2, 0.25) is 5.91 Å². The van der Waals surface area contributed by atoms with Crippen LogP contribution in [0.4, 0.5) is 5.69 Å². The topological polar surface area (TPSA) is 102 Å². The van der Waals surface area contributed by atoms with Gasteiger partial charge in [0, 0.05) is 23.4 Å². The van der Waals surface area contributed by atoms with Crippen LogP contribution in [-0.2, 0) is 9.53 Å². The molecule has 0 radical (unpaired) electrons. The highest BCUT2D eigenvalue weighted by atomic mass is 79.9. The highest BCUT2D eigenvalue weighted by Crippen LogP contribution is 2.24. The maximum Gasteiger partial charge on any atom is 0.336 e. The summed E-state index contributed by atoms with van der Waals surface area (Å²) in [7, 11) is 0. The van der Waals surface area contributed by atoms with Gasteiger partial charge >= 0.3 is 5.97 Å². The van der Waals surface area contributed by atoms with Crippen molar-refractivity contribution < 1.29 is 19.4 Å². The highest BCUT2D eigenvalue weighted by Gasteiger charge is 2.35. The first-order chi connectivity index (χ1) is 9.42. The zero-order valence-electron chi connectivity index (χ0n) is 10.7. The van der Waals surface area contributed by atoms with E-state index in [0.717, 1.165) is 0 Å². The van der Waals surface area contributed by atoms with Gasteiger partial charge in [0.25, 0.3) is 0 Å². The number of carbonyl (C=O) groups is 2. The number of nitrogens with two attached hydrogens (primary N) is 1. The number of hydrogen-bond acceptors (Lipinski definition) is 4. The van der Waals surface area contributed by atoms with Crippen molar-refractivity contribution in [1.29, 1.82) is 0 Å². The fraction of sp³-hybridized carbons (Fsp3) is 0.385. The smallest absolute Gasteiger partial charge is 0.336 e. The number of benzene rings is 1. The van der Waals surface area contributed by atoms with Gasteiger partial charge in [-0.25, -0.2) is 4.79 Å². The second-order valence-electron chi connectivity index (χ2n) is 4.72. The maximum absolute atomic E-state index is 12.2. The fourth-order valence-electron chi connectivity index (χ4n) is 1.99. The van der Waals surface area contributed by atoms with Crippen LogP contribution in [0.2, 0.25) is 0 Å². The second kappa shape index (κ2) is 5.90. The number of halogens is 1. The average Bonchev–Trinajstić information content (AvgIpc) is 2.41. The van der Waals surface area contributed by atoms with Gasteiger partial charge in [-0.2, -0.15) is 0 Å². The Morgan fingerprint density at radius 1 is 1.35 bits per heavy atom. The summed E-state index contributed by atoms with van der Waals surface area (Å²) in [6.07, 6.45) is 0.891. The Bertz CT molecular complexity index is 541. The second-order valence-corrected chi connectivity index (χ2v) is 5.58. The lowest BCUT2D eigenvalue weighted by atomic mass is 9.90. The molecule has 1 amide bonds. The first-order valence-corrected chi connectivity index (χ1v) is 6.93. The van der Waals surface area contributed by atoms with E-state index in [2.05, 4.69) is 21.2 Å². The van der Waals surface area contributed by atoms with E-state index in [9.17, 15) is 9.59 Å². The van der Waals surface area contributed by atoms with E-state index >= 15 is 0 Å². The summed E-state index contributed by atoms with van der Waals surface area (Å²) in [6.45, 7) is 0.898. The summed E-state index contributed by atoms with van der Waals surface area (Å²) in [4.78, 5) is 23.2. The third-order valence-electron chi connectivity index (χ3n) is 3.29. The summed E-state index contributed by atoms with van der Waals surface area (Å²) < 4.78 is 5.64. The van der Waals surface area contributed by atoms with Crippen LogP contribution in [0.1, 0.15) is 23.2 Å². The molecule has 0 bridgehead atoms. The number of rotatable bonds is 3. The lowest BCUT2D eigenvalue weighted by Gasteiger charge is -2.31. The molecule has 108 valence electrons. The van der Waals surface area contributed by atoms with Gasteiger partial charge in [-0.1, -0.05) is 0 Å². The number of carbonyl (C=O) groups excluding carboxylic acids is 1. The maximum atomic E-state index is 12.2. The van der Waals surface area contributed by atoms with Gasteiger partial charge in [0.05, 0.1) is 5.56 Å². The average molecular weight is 343 g/mol. The molecule has 0 saturated carbocycles. The van der Waals surface area contributed by atoms with Crippen LogP contribution < -0.4 is 11.1 Å².